The zero-order valence-electron chi connectivity index (χ0n) is 15.9. The second-order valence-electron chi connectivity index (χ2n) is 5.98. The zero-order valence-corrected chi connectivity index (χ0v) is 16.7. The molecule has 2 heterocycles. The molecule has 0 N–H and O–H groups in total. The van der Waals surface area contributed by atoms with Crippen LogP contribution in [0.3, 0.4) is 0 Å². The molecule has 3 aromatic rings. The van der Waals surface area contributed by atoms with Gasteiger partial charge < -0.3 is 14.0 Å². The number of nitrogens with zero attached hydrogens (tertiary/aromatic N) is 4. The fourth-order valence-electron chi connectivity index (χ4n) is 2.34. The van der Waals surface area contributed by atoms with Crippen molar-refractivity contribution in [3.63, 3.8) is 0 Å². The van der Waals surface area contributed by atoms with Crippen molar-refractivity contribution in [1.82, 2.24) is 19.4 Å². The fourth-order valence-corrected chi connectivity index (χ4v) is 3.41. The summed E-state index contributed by atoms with van der Waals surface area (Å²) in [5.41, 5.74) is 0.695. The highest BCUT2D eigenvalue weighted by molar-refractivity contribution is 7.89. The molecule has 2 aromatic heterocycles. The molecule has 0 atom stereocenters. The van der Waals surface area contributed by atoms with Crippen LogP contribution in [0.1, 0.15) is 16.2 Å². The molecule has 0 fully saturated rings. The summed E-state index contributed by atoms with van der Waals surface area (Å²) in [5, 5.41) is 3.81. The molecular formula is C18H18N4O6S. The van der Waals surface area contributed by atoms with E-state index in [9.17, 15) is 13.2 Å². The Bertz CT molecular complexity index is 1110. The maximum absolute atomic E-state index is 12.5. The third-order valence-electron chi connectivity index (χ3n) is 3.87. The van der Waals surface area contributed by atoms with Crippen LogP contribution in [0.5, 0.6) is 5.75 Å². The van der Waals surface area contributed by atoms with Gasteiger partial charge >= 0.3 is 5.97 Å². The van der Waals surface area contributed by atoms with Gasteiger partial charge in [-0.05, 0) is 30.3 Å². The van der Waals surface area contributed by atoms with Gasteiger partial charge in [-0.25, -0.2) is 17.5 Å². The van der Waals surface area contributed by atoms with Crippen LogP contribution in [0.4, 0.5) is 0 Å². The number of sulfonamides is 1. The minimum atomic E-state index is -3.82. The zero-order chi connectivity index (χ0) is 21.0. The summed E-state index contributed by atoms with van der Waals surface area (Å²) in [5.74, 6) is -0.225. The standard InChI is InChI=1S/C18H18N4O6S/c1-22(2)29(24,25)15-9-12(6-7-14(15)26-3)18(23)27-11-16-20-17(21-28-16)13-5-4-8-19-10-13/h4-10H,11H2,1-3H3. The summed E-state index contributed by atoms with van der Waals surface area (Å²) in [6.07, 6.45) is 3.19. The number of rotatable bonds is 7. The summed E-state index contributed by atoms with van der Waals surface area (Å²) < 4.78 is 41.3. The lowest BCUT2D eigenvalue weighted by Crippen LogP contribution is -2.23. The summed E-state index contributed by atoms with van der Waals surface area (Å²) in [6.45, 7) is -0.270. The van der Waals surface area contributed by atoms with Crippen LogP contribution in [-0.2, 0) is 21.4 Å². The Labute approximate surface area is 167 Å². The molecule has 152 valence electrons. The van der Waals surface area contributed by atoms with E-state index in [-0.39, 0.29) is 28.7 Å². The molecule has 0 amide bonds. The molecule has 0 spiro atoms. The number of hydrogen-bond donors (Lipinski definition) is 0. The number of pyridine rings is 1. The number of esters is 1. The first kappa shape index (κ1) is 20.4. The Kier molecular flexibility index (Phi) is 5.89. The summed E-state index contributed by atoms with van der Waals surface area (Å²) >= 11 is 0. The van der Waals surface area contributed by atoms with E-state index in [4.69, 9.17) is 14.0 Å². The van der Waals surface area contributed by atoms with Crippen LogP contribution >= 0.6 is 0 Å². The highest BCUT2D eigenvalue weighted by atomic mass is 32.2. The van der Waals surface area contributed by atoms with Gasteiger partial charge in [0, 0.05) is 32.1 Å². The lowest BCUT2D eigenvalue weighted by atomic mass is 10.2. The molecule has 3 rings (SSSR count). The van der Waals surface area contributed by atoms with Gasteiger partial charge in [0.25, 0.3) is 5.89 Å². The first-order chi connectivity index (χ1) is 13.8. The number of benzene rings is 1. The molecule has 1 aromatic carbocycles. The summed E-state index contributed by atoms with van der Waals surface area (Å²) in [7, 11) is 0.297. The Morgan fingerprint density at radius 3 is 2.69 bits per heavy atom. The van der Waals surface area contributed by atoms with Crippen molar-refractivity contribution in [3.8, 4) is 17.1 Å². The molecule has 10 nitrogen and oxygen atoms in total. The SMILES string of the molecule is COc1ccc(C(=O)OCc2nc(-c3cccnc3)no2)cc1S(=O)(=O)N(C)C. The Hall–Kier alpha value is -3.31. The van der Waals surface area contributed by atoms with Crippen LogP contribution < -0.4 is 4.74 Å². The molecule has 0 saturated heterocycles. The average molecular weight is 418 g/mol. The molecule has 11 heteroatoms. The van der Waals surface area contributed by atoms with Gasteiger partial charge in [-0.3, -0.25) is 4.98 Å². The maximum Gasteiger partial charge on any atom is 0.338 e. The molecule has 0 aliphatic heterocycles. The first-order valence-electron chi connectivity index (χ1n) is 8.33. The molecule has 0 unspecified atom stereocenters. The molecule has 29 heavy (non-hydrogen) atoms. The van der Waals surface area contributed by atoms with Crippen molar-refractivity contribution in [2.45, 2.75) is 11.5 Å². The molecule has 0 bridgehead atoms. The van der Waals surface area contributed by atoms with Gasteiger partial charge in [-0.1, -0.05) is 5.16 Å². The van der Waals surface area contributed by atoms with Crippen molar-refractivity contribution in [2.24, 2.45) is 0 Å². The number of carbonyl (C=O) groups excluding carboxylic acids is 1. The normalized spacial score (nSPS) is 11.4. The smallest absolute Gasteiger partial charge is 0.338 e. The van der Waals surface area contributed by atoms with Crippen LogP contribution in [0.15, 0.2) is 52.1 Å². The van der Waals surface area contributed by atoms with Crippen molar-refractivity contribution < 1.29 is 27.2 Å². The highest BCUT2D eigenvalue weighted by Crippen LogP contribution is 2.27. The number of carbonyl (C=O) groups is 1. The second-order valence-corrected chi connectivity index (χ2v) is 8.10. The van der Waals surface area contributed by atoms with Crippen molar-refractivity contribution in [1.29, 1.82) is 0 Å². The van der Waals surface area contributed by atoms with E-state index in [1.54, 1.807) is 24.5 Å². The number of methoxy groups -OCH3 is 1. The Balaban J connectivity index is 1.76. The average Bonchev–Trinajstić information content (AvgIpc) is 3.21. The van der Waals surface area contributed by atoms with Gasteiger partial charge in [0.2, 0.25) is 15.8 Å². The van der Waals surface area contributed by atoms with E-state index in [1.807, 2.05) is 0 Å². The topological polar surface area (TPSA) is 125 Å². The van der Waals surface area contributed by atoms with Crippen LogP contribution in [0, 0.1) is 0 Å². The van der Waals surface area contributed by atoms with E-state index in [0.29, 0.717) is 11.4 Å². The quantitative estimate of drug-likeness (QED) is 0.528. The third kappa shape index (κ3) is 4.41. The van der Waals surface area contributed by atoms with Crippen LogP contribution in [0.2, 0.25) is 0 Å². The number of aromatic nitrogens is 3. The predicted molar refractivity (Wildman–Crippen MR) is 101 cm³/mol. The fraction of sp³-hybridized carbons (Fsp3) is 0.222. The molecule has 0 saturated carbocycles. The molecule has 0 aliphatic carbocycles. The van der Waals surface area contributed by atoms with Crippen molar-refractivity contribution in [2.75, 3.05) is 21.2 Å². The summed E-state index contributed by atoms with van der Waals surface area (Å²) in [4.78, 5) is 20.3. The van der Waals surface area contributed by atoms with E-state index in [2.05, 4.69) is 15.1 Å². The lowest BCUT2D eigenvalue weighted by molar-refractivity contribution is 0.0429. The lowest BCUT2D eigenvalue weighted by Gasteiger charge is -2.15. The van der Waals surface area contributed by atoms with Gasteiger partial charge in [0.05, 0.1) is 12.7 Å². The minimum absolute atomic E-state index is 0.0400. The summed E-state index contributed by atoms with van der Waals surface area (Å²) in [6, 6.07) is 7.49. The Morgan fingerprint density at radius 2 is 2.03 bits per heavy atom. The maximum atomic E-state index is 12.5. The van der Waals surface area contributed by atoms with Crippen molar-refractivity contribution in [3.05, 3.63) is 54.2 Å². The highest BCUT2D eigenvalue weighted by Gasteiger charge is 2.24. The molecule has 0 radical (unpaired) electrons. The number of hydrogen-bond acceptors (Lipinski definition) is 9. The van der Waals surface area contributed by atoms with E-state index in [1.165, 1.54) is 39.4 Å². The van der Waals surface area contributed by atoms with E-state index in [0.717, 1.165) is 4.31 Å². The minimum Gasteiger partial charge on any atom is -0.495 e. The predicted octanol–water partition coefficient (Wildman–Crippen LogP) is 1.75. The van der Waals surface area contributed by atoms with Crippen LogP contribution in [-0.4, -0.2) is 55.0 Å². The van der Waals surface area contributed by atoms with Gasteiger partial charge in [-0.2, -0.15) is 4.98 Å². The van der Waals surface area contributed by atoms with Crippen LogP contribution in [0.25, 0.3) is 11.4 Å². The number of ether oxygens (including phenoxy) is 2. The van der Waals surface area contributed by atoms with Crippen molar-refractivity contribution >= 4 is 16.0 Å². The van der Waals surface area contributed by atoms with E-state index >= 15 is 0 Å². The third-order valence-corrected chi connectivity index (χ3v) is 5.71. The van der Waals surface area contributed by atoms with Gasteiger partial charge in [0.1, 0.15) is 10.6 Å². The second kappa shape index (κ2) is 8.37. The molecule has 0 aliphatic rings. The first-order valence-corrected chi connectivity index (χ1v) is 9.77. The van der Waals surface area contributed by atoms with E-state index < -0.39 is 16.0 Å². The largest absolute Gasteiger partial charge is 0.495 e. The molecular weight excluding hydrogens is 400 g/mol. The van der Waals surface area contributed by atoms with Gasteiger partial charge in [0.15, 0.2) is 6.61 Å². The van der Waals surface area contributed by atoms with Gasteiger partial charge in [-0.15, -0.1) is 0 Å². The Morgan fingerprint density at radius 1 is 1.24 bits per heavy atom. The monoisotopic (exact) mass is 418 g/mol.